The minimum Gasteiger partial charge on any atom is -0.302 e. The van der Waals surface area contributed by atoms with Crippen molar-refractivity contribution >= 4 is 12.4 Å². The maximum Gasteiger partial charge on any atom is 0.416 e. The van der Waals surface area contributed by atoms with Gasteiger partial charge in [0.15, 0.2) is 0 Å². The van der Waals surface area contributed by atoms with Crippen molar-refractivity contribution in [1.29, 1.82) is 5.41 Å². The van der Waals surface area contributed by atoms with Crippen LogP contribution in [-0.4, -0.2) is 4.57 Å². The van der Waals surface area contributed by atoms with Crippen molar-refractivity contribution in [3.8, 4) is 5.69 Å². The maximum absolute atomic E-state index is 12.6. The van der Waals surface area contributed by atoms with Crippen molar-refractivity contribution < 1.29 is 13.2 Å². The number of halogens is 4. The van der Waals surface area contributed by atoms with Gasteiger partial charge in [-0.15, -0.1) is 12.4 Å². The Hall–Kier alpha value is -1.75. The van der Waals surface area contributed by atoms with E-state index in [4.69, 9.17) is 5.41 Å². The molecule has 0 radical (unpaired) electrons. The summed E-state index contributed by atoms with van der Waals surface area (Å²) in [6.45, 7) is 1.82. The Morgan fingerprint density at radius 3 is 2.42 bits per heavy atom. The standard InChI is InChI=1S/C13H11F3N2.ClH/c1-9-5-6-12(17)18(8-9)11-4-2-3-10(7-11)13(14,15)16;/h2-8,17H,1H3;1H. The molecule has 6 heteroatoms. The van der Waals surface area contributed by atoms with Gasteiger partial charge in [0.2, 0.25) is 0 Å². The van der Waals surface area contributed by atoms with Gasteiger partial charge in [0.1, 0.15) is 5.49 Å². The summed E-state index contributed by atoms with van der Waals surface area (Å²) in [5.74, 6) is 0. The highest BCUT2D eigenvalue weighted by atomic mass is 35.5. The summed E-state index contributed by atoms with van der Waals surface area (Å²) < 4.78 is 39.2. The predicted molar refractivity (Wildman–Crippen MR) is 68.6 cm³/mol. The Labute approximate surface area is 114 Å². The van der Waals surface area contributed by atoms with Crippen LogP contribution in [-0.2, 0) is 6.18 Å². The third kappa shape index (κ3) is 3.38. The van der Waals surface area contributed by atoms with E-state index in [2.05, 4.69) is 0 Å². The van der Waals surface area contributed by atoms with E-state index in [-0.39, 0.29) is 17.9 Å². The Morgan fingerprint density at radius 1 is 1.11 bits per heavy atom. The van der Waals surface area contributed by atoms with Crippen molar-refractivity contribution in [1.82, 2.24) is 4.57 Å². The summed E-state index contributed by atoms with van der Waals surface area (Å²) >= 11 is 0. The smallest absolute Gasteiger partial charge is 0.302 e. The Bertz CT molecular complexity index is 632. The highest BCUT2D eigenvalue weighted by Crippen LogP contribution is 2.30. The molecular weight excluding hydrogens is 277 g/mol. The van der Waals surface area contributed by atoms with E-state index < -0.39 is 11.7 Å². The van der Waals surface area contributed by atoms with Gasteiger partial charge in [-0.05, 0) is 36.8 Å². The zero-order chi connectivity index (χ0) is 13.3. The SMILES string of the molecule is Cc1ccc(=N)n(-c2cccc(C(F)(F)F)c2)c1.Cl. The molecule has 0 aliphatic carbocycles. The van der Waals surface area contributed by atoms with Gasteiger partial charge >= 0.3 is 6.18 Å². The summed E-state index contributed by atoms with van der Waals surface area (Å²) in [4.78, 5) is 0. The summed E-state index contributed by atoms with van der Waals surface area (Å²) in [6.07, 6.45) is -2.74. The van der Waals surface area contributed by atoms with Gasteiger partial charge in [0.25, 0.3) is 0 Å². The lowest BCUT2D eigenvalue weighted by Crippen LogP contribution is -2.17. The average molecular weight is 289 g/mol. The summed E-state index contributed by atoms with van der Waals surface area (Å²) in [6, 6.07) is 8.24. The van der Waals surface area contributed by atoms with Crippen LogP contribution in [0.2, 0.25) is 0 Å². The number of nitrogens with zero attached hydrogens (tertiary/aromatic N) is 1. The molecule has 2 aromatic rings. The average Bonchev–Trinajstić information content (AvgIpc) is 2.31. The van der Waals surface area contributed by atoms with Crippen molar-refractivity contribution in [2.45, 2.75) is 13.1 Å². The largest absolute Gasteiger partial charge is 0.416 e. The lowest BCUT2D eigenvalue weighted by molar-refractivity contribution is -0.137. The first kappa shape index (κ1) is 15.3. The zero-order valence-electron chi connectivity index (χ0n) is 10.0. The predicted octanol–water partition coefficient (Wildman–Crippen LogP) is 3.71. The zero-order valence-corrected chi connectivity index (χ0v) is 10.8. The van der Waals surface area contributed by atoms with Crippen LogP contribution in [0.5, 0.6) is 0 Å². The second kappa shape index (κ2) is 5.48. The number of hydrogen-bond donors (Lipinski definition) is 1. The first-order chi connectivity index (χ1) is 8.38. The molecule has 0 aliphatic heterocycles. The molecule has 0 atom stereocenters. The van der Waals surface area contributed by atoms with Crippen LogP contribution in [0.25, 0.3) is 5.69 Å². The lowest BCUT2D eigenvalue weighted by atomic mass is 10.2. The summed E-state index contributed by atoms with van der Waals surface area (Å²) in [7, 11) is 0. The molecule has 0 amide bonds. The Balaban J connectivity index is 0.00000180. The number of hydrogen-bond acceptors (Lipinski definition) is 1. The van der Waals surface area contributed by atoms with E-state index in [1.54, 1.807) is 24.4 Å². The molecule has 19 heavy (non-hydrogen) atoms. The van der Waals surface area contributed by atoms with Crippen LogP contribution in [0.3, 0.4) is 0 Å². The van der Waals surface area contributed by atoms with Crippen molar-refractivity contribution in [3.63, 3.8) is 0 Å². The van der Waals surface area contributed by atoms with E-state index in [1.165, 1.54) is 10.6 Å². The second-order valence-electron chi connectivity index (χ2n) is 4.01. The van der Waals surface area contributed by atoms with Crippen LogP contribution in [0, 0.1) is 12.3 Å². The molecule has 0 bridgehead atoms. The quantitative estimate of drug-likeness (QED) is 0.829. The molecule has 0 fully saturated rings. The minimum atomic E-state index is -4.37. The number of aromatic nitrogens is 1. The fourth-order valence-corrected chi connectivity index (χ4v) is 1.65. The van der Waals surface area contributed by atoms with Crippen LogP contribution in [0.1, 0.15) is 11.1 Å². The van der Waals surface area contributed by atoms with Gasteiger partial charge in [-0.2, -0.15) is 13.2 Å². The van der Waals surface area contributed by atoms with Gasteiger partial charge in [0.05, 0.1) is 5.56 Å². The monoisotopic (exact) mass is 288 g/mol. The number of nitrogens with one attached hydrogen (secondary N) is 1. The van der Waals surface area contributed by atoms with Gasteiger partial charge in [-0.3, -0.25) is 5.41 Å². The van der Waals surface area contributed by atoms with Crippen LogP contribution in [0.4, 0.5) is 13.2 Å². The molecule has 1 aromatic carbocycles. The van der Waals surface area contributed by atoms with E-state index in [9.17, 15) is 13.2 Å². The first-order valence-electron chi connectivity index (χ1n) is 5.29. The van der Waals surface area contributed by atoms with Crippen molar-refractivity contribution in [2.75, 3.05) is 0 Å². The molecule has 0 saturated heterocycles. The molecular formula is C13H12ClF3N2. The fraction of sp³-hybridized carbons (Fsp3) is 0.154. The molecule has 2 rings (SSSR count). The number of alkyl halides is 3. The van der Waals surface area contributed by atoms with E-state index in [1.807, 2.05) is 6.92 Å². The normalized spacial score (nSPS) is 10.9. The van der Waals surface area contributed by atoms with Gasteiger partial charge < -0.3 is 4.57 Å². The van der Waals surface area contributed by atoms with E-state index in [0.29, 0.717) is 5.69 Å². The molecule has 0 spiro atoms. The van der Waals surface area contributed by atoms with Crippen molar-refractivity contribution in [3.05, 3.63) is 59.2 Å². The number of rotatable bonds is 1. The van der Waals surface area contributed by atoms with Gasteiger partial charge in [0, 0.05) is 11.9 Å². The number of benzene rings is 1. The Morgan fingerprint density at radius 2 is 1.79 bits per heavy atom. The van der Waals surface area contributed by atoms with E-state index in [0.717, 1.165) is 17.7 Å². The highest BCUT2D eigenvalue weighted by Gasteiger charge is 2.30. The third-order valence-corrected chi connectivity index (χ3v) is 2.55. The molecule has 1 aromatic heterocycles. The molecule has 102 valence electrons. The molecule has 0 saturated carbocycles. The number of pyridine rings is 1. The minimum absolute atomic E-state index is 0. The van der Waals surface area contributed by atoms with Crippen LogP contribution < -0.4 is 5.49 Å². The van der Waals surface area contributed by atoms with Crippen molar-refractivity contribution in [2.24, 2.45) is 0 Å². The topological polar surface area (TPSA) is 28.8 Å². The maximum atomic E-state index is 12.6. The van der Waals surface area contributed by atoms with Gasteiger partial charge in [-0.25, -0.2) is 0 Å². The third-order valence-electron chi connectivity index (χ3n) is 2.55. The van der Waals surface area contributed by atoms with Gasteiger partial charge in [-0.1, -0.05) is 12.1 Å². The summed E-state index contributed by atoms with van der Waals surface area (Å²) in [5.41, 5.74) is 0.635. The molecule has 0 aliphatic rings. The van der Waals surface area contributed by atoms with E-state index >= 15 is 0 Å². The fourth-order valence-electron chi connectivity index (χ4n) is 1.65. The lowest BCUT2D eigenvalue weighted by Gasteiger charge is -2.11. The molecule has 1 heterocycles. The molecule has 0 unspecified atom stereocenters. The Kier molecular flexibility index (Phi) is 4.42. The molecule has 2 nitrogen and oxygen atoms in total. The van der Waals surface area contributed by atoms with Crippen LogP contribution in [0.15, 0.2) is 42.6 Å². The molecule has 1 N–H and O–H groups in total. The second-order valence-corrected chi connectivity index (χ2v) is 4.01. The highest BCUT2D eigenvalue weighted by molar-refractivity contribution is 5.85. The number of aryl methyl sites for hydroxylation is 1. The first-order valence-corrected chi connectivity index (χ1v) is 5.29. The van der Waals surface area contributed by atoms with Crippen LogP contribution >= 0.6 is 12.4 Å². The summed E-state index contributed by atoms with van der Waals surface area (Å²) in [5, 5.41) is 7.71.